The molecule has 0 heterocycles. The number of ether oxygens (including phenoxy) is 3. The summed E-state index contributed by atoms with van der Waals surface area (Å²) < 4.78 is 16.8. The molecule has 0 rings (SSSR count). The lowest BCUT2D eigenvalue weighted by Gasteiger charge is -2.18. The monoisotopic (exact) mass is 1050 g/mol. The van der Waals surface area contributed by atoms with E-state index in [0.29, 0.717) is 19.3 Å². The topological polar surface area (TPSA) is 78.9 Å². The summed E-state index contributed by atoms with van der Waals surface area (Å²) in [4.78, 5) is 38.2. The van der Waals surface area contributed by atoms with Crippen LogP contribution in [0.25, 0.3) is 0 Å². The highest BCUT2D eigenvalue weighted by Crippen LogP contribution is 2.15. The van der Waals surface area contributed by atoms with Crippen LogP contribution >= 0.6 is 0 Å². The highest BCUT2D eigenvalue weighted by molar-refractivity contribution is 5.71. The molecule has 1 atom stereocenters. The summed E-state index contributed by atoms with van der Waals surface area (Å²) in [5.41, 5.74) is 0. The number of esters is 3. The van der Waals surface area contributed by atoms with Crippen LogP contribution < -0.4 is 0 Å². The van der Waals surface area contributed by atoms with Gasteiger partial charge in [-0.3, -0.25) is 14.4 Å². The Morgan fingerprint density at radius 1 is 0.276 bits per heavy atom. The molecule has 0 fully saturated rings. The van der Waals surface area contributed by atoms with Crippen LogP contribution in [0.1, 0.15) is 284 Å². The molecule has 0 aliphatic heterocycles. The molecular formula is C70H116O6. The van der Waals surface area contributed by atoms with E-state index in [4.69, 9.17) is 14.2 Å². The molecule has 76 heavy (non-hydrogen) atoms. The van der Waals surface area contributed by atoms with E-state index in [9.17, 15) is 14.4 Å². The second kappa shape index (κ2) is 63.3. The summed E-state index contributed by atoms with van der Waals surface area (Å²) in [7, 11) is 0. The van der Waals surface area contributed by atoms with Gasteiger partial charge in [0.2, 0.25) is 0 Å². The van der Waals surface area contributed by atoms with Crippen LogP contribution in [0.4, 0.5) is 0 Å². The summed E-state index contributed by atoms with van der Waals surface area (Å²) in [6, 6.07) is 0. The summed E-state index contributed by atoms with van der Waals surface area (Å²) in [6.07, 6.45) is 87.8. The first-order chi connectivity index (χ1) is 37.5. The third-order valence-corrected chi connectivity index (χ3v) is 13.2. The lowest BCUT2D eigenvalue weighted by Crippen LogP contribution is -2.30. The van der Waals surface area contributed by atoms with E-state index in [2.05, 4.69) is 142 Å². The van der Waals surface area contributed by atoms with Crippen LogP contribution in [0, 0.1) is 0 Å². The maximum absolute atomic E-state index is 12.8. The van der Waals surface area contributed by atoms with E-state index in [-0.39, 0.29) is 31.1 Å². The minimum absolute atomic E-state index is 0.0879. The normalized spacial score (nSPS) is 12.9. The maximum atomic E-state index is 12.8. The molecule has 0 aromatic carbocycles. The molecule has 0 aromatic rings. The number of hydrogen-bond acceptors (Lipinski definition) is 6. The molecule has 6 nitrogen and oxygen atoms in total. The zero-order chi connectivity index (χ0) is 55.0. The van der Waals surface area contributed by atoms with Crippen LogP contribution in [-0.4, -0.2) is 37.2 Å². The molecule has 0 saturated heterocycles. The lowest BCUT2D eigenvalue weighted by molar-refractivity contribution is -0.167. The molecule has 0 spiro atoms. The van der Waals surface area contributed by atoms with E-state index in [1.54, 1.807) is 0 Å². The van der Waals surface area contributed by atoms with Crippen molar-refractivity contribution in [1.82, 2.24) is 0 Å². The second-order valence-electron chi connectivity index (χ2n) is 20.6. The van der Waals surface area contributed by atoms with Crippen molar-refractivity contribution in [2.24, 2.45) is 0 Å². The minimum Gasteiger partial charge on any atom is -0.462 e. The van der Waals surface area contributed by atoms with Crippen LogP contribution in [-0.2, 0) is 28.6 Å². The Labute approximate surface area is 469 Å². The number of carbonyl (C=O) groups is 3. The molecule has 0 aromatic heterocycles. The highest BCUT2D eigenvalue weighted by atomic mass is 16.6. The molecule has 0 saturated carbocycles. The van der Waals surface area contributed by atoms with E-state index < -0.39 is 6.10 Å². The highest BCUT2D eigenvalue weighted by Gasteiger charge is 2.19. The molecule has 0 amide bonds. The maximum Gasteiger partial charge on any atom is 0.306 e. The first kappa shape index (κ1) is 71.8. The Morgan fingerprint density at radius 3 is 0.842 bits per heavy atom. The van der Waals surface area contributed by atoms with Gasteiger partial charge in [-0.05, 0) is 116 Å². The molecular weight excluding hydrogens is 937 g/mol. The number of carbonyl (C=O) groups excluding carboxylic acids is 3. The standard InChI is InChI=1S/C70H116O6/c1-4-7-10-13-16-19-22-25-26-27-28-29-30-31-32-33-34-35-36-37-38-39-40-41-42-43-44-46-48-51-54-57-60-63-69(72)75-66-67(65-74-68(71)62-59-56-53-50-47-24-21-18-15-12-9-6-3)76-70(73)64-61-58-55-52-49-45-23-20-17-14-11-8-5-2/h7,10,16,18-19,21,25-26,28-29,31-32,34-35,37-38,40-41,43-44,67H,4-6,8-9,11-15,17,20,22-24,27,30,33,36,39,42,45-66H2,1-3H3/b10-7-,19-16-,21-18-,26-25-,29-28-,32-31-,35-34-,38-37-,41-40-,44-43-. The van der Waals surface area contributed by atoms with E-state index >= 15 is 0 Å². The summed E-state index contributed by atoms with van der Waals surface area (Å²) in [5.74, 6) is -0.912. The Balaban J connectivity index is 4.27. The fourth-order valence-corrected chi connectivity index (χ4v) is 8.49. The quantitative estimate of drug-likeness (QED) is 0.0261. The van der Waals surface area contributed by atoms with Crippen molar-refractivity contribution in [1.29, 1.82) is 0 Å². The lowest BCUT2D eigenvalue weighted by atomic mass is 10.0. The van der Waals surface area contributed by atoms with E-state index in [1.165, 1.54) is 103 Å². The van der Waals surface area contributed by atoms with Crippen molar-refractivity contribution in [2.75, 3.05) is 13.2 Å². The second-order valence-corrected chi connectivity index (χ2v) is 20.6. The minimum atomic E-state index is -0.789. The molecule has 0 radical (unpaired) electrons. The fraction of sp³-hybridized carbons (Fsp3) is 0.671. The smallest absolute Gasteiger partial charge is 0.306 e. The van der Waals surface area contributed by atoms with Crippen LogP contribution in [0.15, 0.2) is 122 Å². The predicted octanol–water partition coefficient (Wildman–Crippen LogP) is 21.6. The van der Waals surface area contributed by atoms with Gasteiger partial charge in [-0.2, -0.15) is 0 Å². The number of unbranched alkanes of at least 4 members (excludes halogenated alkanes) is 25. The van der Waals surface area contributed by atoms with Gasteiger partial charge in [0, 0.05) is 19.3 Å². The molecule has 1 unspecified atom stereocenters. The average Bonchev–Trinajstić information content (AvgIpc) is 3.42. The summed E-state index contributed by atoms with van der Waals surface area (Å²) in [6.45, 7) is 6.48. The summed E-state index contributed by atoms with van der Waals surface area (Å²) >= 11 is 0. The number of rotatable bonds is 56. The van der Waals surface area contributed by atoms with Gasteiger partial charge in [-0.1, -0.05) is 271 Å². The van der Waals surface area contributed by atoms with E-state index in [0.717, 1.165) is 141 Å². The third kappa shape index (κ3) is 60.7. The van der Waals surface area contributed by atoms with E-state index in [1.807, 2.05) is 0 Å². The first-order valence-corrected chi connectivity index (χ1v) is 31.5. The first-order valence-electron chi connectivity index (χ1n) is 31.5. The number of allylic oxidation sites excluding steroid dienone is 20. The van der Waals surface area contributed by atoms with Crippen LogP contribution in [0.5, 0.6) is 0 Å². The van der Waals surface area contributed by atoms with Gasteiger partial charge in [0.15, 0.2) is 6.10 Å². The molecule has 432 valence electrons. The Morgan fingerprint density at radius 2 is 0.513 bits per heavy atom. The SMILES string of the molecule is CC/C=C\C/C=C\C/C=C\C/C=C\C/C=C\C/C=C\C/C=C\C/C=C\C/C=C\CCCCCCCC(=O)OCC(COC(=O)CCCCCCC/C=C\CCCCC)OC(=O)CCCCCCCCCCCCCCC. The predicted molar refractivity (Wildman–Crippen MR) is 330 cm³/mol. The molecule has 0 bridgehead atoms. The van der Waals surface area contributed by atoms with Crippen molar-refractivity contribution >= 4 is 17.9 Å². The van der Waals surface area contributed by atoms with Gasteiger partial charge in [0.25, 0.3) is 0 Å². The van der Waals surface area contributed by atoms with Gasteiger partial charge >= 0.3 is 17.9 Å². The van der Waals surface area contributed by atoms with Crippen LogP contribution in [0.3, 0.4) is 0 Å². The largest absolute Gasteiger partial charge is 0.462 e. The van der Waals surface area contributed by atoms with Crippen molar-refractivity contribution in [3.63, 3.8) is 0 Å². The molecule has 0 N–H and O–H groups in total. The Bertz CT molecular complexity index is 1590. The summed E-state index contributed by atoms with van der Waals surface area (Å²) in [5, 5.41) is 0. The van der Waals surface area contributed by atoms with Gasteiger partial charge in [-0.25, -0.2) is 0 Å². The average molecular weight is 1050 g/mol. The van der Waals surface area contributed by atoms with Gasteiger partial charge < -0.3 is 14.2 Å². The zero-order valence-electron chi connectivity index (χ0n) is 49.5. The third-order valence-electron chi connectivity index (χ3n) is 13.2. The van der Waals surface area contributed by atoms with Gasteiger partial charge in [0.1, 0.15) is 13.2 Å². The van der Waals surface area contributed by atoms with Crippen molar-refractivity contribution in [3.05, 3.63) is 122 Å². The number of hydrogen-bond donors (Lipinski definition) is 0. The molecule has 0 aliphatic rings. The molecule has 6 heteroatoms. The fourth-order valence-electron chi connectivity index (χ4n) is 8.49. The van der Waals surface area contributed by atoms with Gasteiger partial charge in [0.05, 0.1) is 0 Å². The van der Waals surface area contributed by atoms with Crippen LogP contribution in [0.2, 0.25) is 0 Å². The Hall–Kier alpha value is -4.19. The van der Waals surface area contributed by atoms with Crippen molar-refractivity contribution in [3.8, 4) is 0 Å². The van der Waals surface area contributed by atoms with Crippen molar-refractivity contribution in [2.45, 2.75) is 290 Å². The molecule has 0 aliphatic carbocycles. The Kier molecular flexibility index (Phi) is 59.9. The zero-order valence-corrected chi connectivity index (χ0v) is 49.5. The van der Waals surface area contributed by atoms with Crippen molar-refractivity contribution < 1.29 is 28.6 Å². The van der Waals surface area contributed by atoms with Gasteiger partial charge in [-0.15, -0.1) is 0 Å².